The normalized spacial score (nSPS) is 14.5. The molecule has 0 aromatic heterocycles. The molecule has 152 valence electrons. The molecule has 1 unspecified atom stereocenters. The van der Waals surface area contributed by atoms with Crippen molar-refractivity contribution in [1.82, 2.24) is 9.62 Å². The van der Waals surface area contributed by atoms with Crippen molar-refractivity contribution < 1.29 is 22.9 Å². The quantitative estimate of drug-likeness (QED) is 0.586. The van der Waals surface area contributed by atoms with Gasteiger partial charge in [0.2, 0.25) is 10.0 Å². The maximum atomic E-state index is 12.5. The molecule has 0 aliphatic heterocycles. The standard InChI is InChI=1S/C18H30N4O4S/c1-13(22(7)12-16(23)20-18(2,3)4)17(24)19-14-9-8-10-15(11-14)27(25,26)21(5)6/h8-11,13H,12H2,1-7H3,(H,19,24)(H,20,23)/p+1/t13-/m0/s1. The highest BCUT2D eigenvalue weighted by molar-refractivity contribution is 7.89. The fraction of sp³-hybridized carbons (Fsp3) is 0.556. The van der Waals surface area contributed by atoms with Crippen LogP contribution in [0, 0.1) is 0 Å². The molecule has 0 spiro atoms. The Kier molecular flexibility index (Phi) is 7.53. The number of rotatable bonds is 7. The molecule has 0 heterocycles. The average Bonchev–Trinajstić information content (AvgIpc) is 2.52. The molecule has 0 saturated carbocycles. The van der Waals surface area contributed by atoms with E-state index in [-0.39, 0.29) is 28.8 Å². The molecule has 0 aliphatic rings. The van der Waals surface area contributed by atoms with E-state index in [4.69, 9.17) is 0 Å². The number of likely N-dealkylation sites (N-methyl/N-ethyl adjacent to an activating group) is 1. The minimum atomic E-state index is -3.58. The zero-order chi connectivity index (χ0) is 21.0. The molecule has 0 saturated heterocycles. The topological polar surface area (TPSA) is 100 Å². The molecule has 8 nitrogen and oxygen atoms in total. The first-order valence-electron chi connectivity index (χ1n) is 8.71. The molecule has 0 bridgehead atoms. The van der Waals surface area contributed by atoms with E-state index < -0.39 is 16.1 Å². The van der Waals surface area contributed by atoms with Crippen molar-refractivity contribution in [3.8, 4) is 0 Å². The molecule has 1 aromatic rings. The summed E-state index contributed by atoms with van der Waals surface area (Å²) in [6.07, 6.45) is 0. The number of nitrogens with zero attached hydrogens (tertiary/aromatic N) is 1. The fourth-order valence-corrected chi connectivity index (χ4v) is 3.24. The molecule has 9 heteroatoms. The van der Waals surface area contributed by atoms with Gasteiger partial charge in [0.15, 0.2) is 12.6 Å². The molecule has 0 radical (unpaired) electrons. The Balaban J connectivity index is 2.80. The van der Waals surface area contributed by atoms with Crippen LogP contribution in [-0.2, 0) is 19.6 Å². The number of benzene rings is 1. The lowest BCUT2D eigenvalue weighted by Gasteiger charge is -2.24. The first kappa shape index (κ1) is 23.1. The Bertz CT molecular complexity index is 785. The maximum Gasteiger partial charge on any atom is 0.282 e. The van der Waals surface area contributed by atoms with Crippen molar-refractivity contribution in [3.05, 3.63) is 24.3 Å². The van der Waals surface area contributed by atoms with Crippen LogP contribution < -0.4 is 15.5 Å². The number of hydrogen-bond acceptors (Lipinski definition) is 4. The molecular formula is C18H31N4O4S+. The smallest absolute Gasteiger partial charge is 0.282 e. The van der Waals surface area contributed by atoms with Gasteiger partial charge in [-0.15, -0.1) is 0 Å². The predicted molar refractivity (Wildman–Crippen MR) is 105 cm³/mol. The van der Waals surface area contributed by atoms with E-state index in [9.17, 15) is 18.0 Å². The second-order valence-corrected chi connectivity index (χ2v) is 10.00. The highest BCUT2D eigenvalue weighted by Crippen LogP contribution is 2.18. The van der Waals surface area contributed by atoms with Crippen LogP contribution in [0.3, 0.4) is 0 Å². The van der Waals surface area contributed by atoms with E-state index in [1.54, 1.807) is 26.1 Å². The van der Waals surface area contributed by atoms with Crippen LogP contribution in [0.1, 0.15) is 27.7 Å². The fourth-order valence-electron chi connectivity index (χ4n) is 2.29. The van der Waals surface area contributed by atoms with Gasteiger partial charge in [0.05, 0.1) is 11.9 Å². The first-order valence-corrected chi connectivity index (χ1v) is 10.1. The van der Waals surface area contributed by atoms with E-state index >= 15 is 0 Å². The van der Waals surface area contributed by atoms with Crippen molar-refractivity contribution in [2.24, 2.45) is 0 Å². The van der Waals surface area contributed by atoms with Gasteiger partial charge in [-0.25, -0.2) is 12.7 Å². The van der Waals surface area contributed by atoms with Gasteiger partial charge in [0, 0.05) is 25.3 Å². The van der Waals surface area contributed by atoms with Gasteiger partial charge in [-0.3, -0.25) is 9.59 Å². The van der Waals surface area contributed by atoms with Crippen molar-refractivity contribution in [2.45, 2.75) is 44.2 Å². The Morgan fingerprint density at radius 3 is 2.33 bits per heavy atom. The van der Waals surface area contributed by atoms with Gasteiger partial charge < -0.3 is 15.5 Å². The van der Waals surface area contributed by atoms with Crippen LogP contribution >= 0.6 is 0 Å². The molecule has 1 rings (SSSR count). The summed E-state index contributed by atoms with van der Waals surface area (Å²) in [7, 11) is 1.08. The molecule has 1 aromatic carbocycles. The summed E-state index contributed by atoms with van der Waals surface area (Å²) in [5.74, 6) is -0.436. The lowest BCUT2D eigenvalue weighted by molar-refractivity contribution is -0.885. The lowest BCUT2D eigenvalue weighted by Crippen LogP contribution is -3.15. The predicted octanol–water partition coefficient (Wildman–Crippen LogP) is -0.307. The van der Waals surface area contributed by atoms with Gasteiger partial charge in [-0.1, -0.05) is 6.07 Å². The Hall–Kier alpha value is -1.97. The Labute approximate surface area is 162 Å². The molecule has 0 aliphatic carbocycles. The minimum absolute atomic E-state index is 0.100. The molecule has 27 heavy (non-hydrogen) atoms. The maximum absolute atomic E-state index is 12.5. The second kappa shape index (κ2) is 8.81. The van der Waals surface area contributed by atoms with Gasteiger partial charge >= 0.3 is 0 Å². The number of carbonyl (C=O) groups excluding carboxylic acids is 2. The van der Waals surface area contributed by atoms with Crippen molar-refractivity contribution in [2.75, 3.05) is 33.0 Å². The third-order valence-electron chi connectivity index (χ3n) is 3.97. The molecule has 2 amide bonds. The average molecular weight is 400 g/mol. The highest BCUT2D eigenvalue weighted by atomic mass is 32.2. The summed E-state index contributed by atoms with van der Waals surface area (Å²) in [6, 6.07) is 5.60. The number of quaternary nitrogens is 1. The van der Waals surface area contributed by atoms with Crippen LogP contribution in [-0.4, -0.2) is 63.8 Å². The van der Waals surface area contributed by atoms with Crippen LogP contribution in [0.2, 0.25) is 0 Å². The third-order valence-corrected chi connectivity index (χ3v) is 5.78. The number of hydrogen-bond donors (Lipinski definition) is 3. The van der Waals surface area contributed by atoms with Crippen molar-refractivity contribution in [3.63, 3.8) is 0 Å². The molecule has 2 atom stereocenters. The zero-order valence-electron chi connectivity index (χ0n) is 17.1. The summed E-state index contributed by atoms with van der Waals surface area (Å²) < 4.78 is 25.5. The zero-order valence-corrected chi connectivity index (χ0v) is 17.9. The number of carbonyl (C=O) groups is 2. The van der Waals surface area contributed by atoms with E-state index in [0.29, 0.717) is 5.69 Å². The highest BCUT2D eigenvalue weighted by Gasteiger charge is 2.26. The third kappa shape index (κ3) is 6.93. The lowest BCUT2D eigenvalue weighted by atomic mass is 10.1. The summed E-state index contributed by atoms with van der Waals surface area (Å²) in [4.78, 5) is 25.4. The Morgan fingerprint density at radius 2 is 1.81 bits per heavy atom. The van der Waals surface area contributed by atoms with E-state index in [1.165, 1.54) is 26.2 Å². The summed E-state index contributed by atoms with van der Waals surface area (Å²) in [6.45, 7) is 7.55. The van der Waals surface area contributed by atoms with Gasteiger partial charge in [0.25, 0.3) is 11.8 Å². The van der Waals surface area contributed by atoms with Gasteiger partial charge in [-0.05, 0) is 45.9 Å². The van der Waals surface area contributed by atoms with Crippen molar-refractivity contribution >= 4 is 27.5 Å². The van der Waals surface area contributed by atoms with Crippen molar-refractivity contribution in [1.29, 1.82) is 0 Å². The van der Waals surface area contributed by atoms with E-state index in [0.717, 1.165) is 9.21 Å². The summed E-state index contributed by atoms with van der Waals surface area (Å²) in [5, 5.41) is 5.59. The SMILES string of the molecule is C[C@@H](C(=O)Nc1cccc(S(=O)(=O)N(C)C)c1)[NH+](C)CC(=O)NC(C)(C)C. The van der Waals surface area contributed by atoms with Crippen LogP contribution in [0.15, 0.2) is 29.2 Å². The van der Waals surface area contributed by atoms with Crippen LogP contribution in [0.4, 0.5) is 5.69 Å². The largest absolute Gasteiger partial charge is 0.347 e. The first-order chi connectivity index (χ1) is 12.2. The minimum Gasteiger partial charge on any atom is -0.347 e. The Morgan fingerprint density at radius 1 is 1.22 bits per heavy atom. The van der Waals surface area contributed by atoms with Gasteiger partial charge in [-0.2, -0.15) is 0 Å². The van der Waals surface area contributed by atoms with E-state index in [1.807, 2.05) is 20.8 Å². The molecule has 3 N–H and O–H groups in total. The number of amides is 2. The van der Waals surface area contributed by atoms with E-state index in [2.05, 4.69) is 10.6 Å². The summed E-state index contributed by atoms with van der Waals surface area (Å²) in [5.41, 5.74) is 0.0584. The monoisotopic (exact) mass is 399 g/mol. The van der Waals surface area contributed by atoms with Gasteiger partial charge in [0.1, 0.15) is 0 Å². The second-order valence-electron chi connectivity index (χ2n) is 7.85. The van der Waals surface area contributed by atoms with Crippen LogP contribution in [0.5, 0.6) is 0 Å². The number of nitrogens with one attached hydrogen (secondary N) is 3. The van der Waals surface area contributed by atoms with Crippen LogP contribution in [0.25, 0.3) is 0 Å². The summed E-state index contributed by atoms with van der Waals surface area (Å²) >= 11 is 0. The number of sulfonamides is 1. The molecule has 0 fully saturated rings. The molecular weight excluding hydrogens is 368 g/mol. The number of anilines is 1.